The van der Waals surface area contributed by atoms with E-state index in [1.807, 2.05) is 20.2 Å². The average molecular weight is 235 g/mol. The minimum absolute atomic E-state index is 0.0236. The topological polar surface area (TPSA) is 22.0 Å². The zero-order chi connectivity index (χ0) is 13.6. The Hall–Kier alpha value is -1.05. The maximum Gasteiger partial charge on any atom is 0.188 e. The Labute approximate surface area is 105 Å². The van der Waals surface area contributed by atoms with Gasteiger partial charge in [-0.1, -0.05) is 41.5 Å². The molecule has 0 aromatic carbocycles. The van der Waals surface area contributed by atoms with Crippen LogP contribution in [0.25, 0.3) is 0 Å². The molecule has 2 heteroatoms. The molecule has 0 fully saturated rings. The number of rotatable bonds is 0. The zero-order valence-electron chi connectivity index (χ0n) is 12.4. The molecule has 0 aliphatic rings. The maximum absolute atomic E-state index is 12.4. The SMILES string of the molecule is Cc1cn(C)c(C(C)(C)C)c(C(C)(C)C)c1=O. The second-order valence-electron chi connectivity index (χ2n) is 6.98. The summed E-state index contributed by atoms with van der Waals surface area (Å²) in [6.45, 7) is 14.7. The smallest absolute Gasteiger partial charge is 0.188 e. The summed E-state index contributed by atoms with van der Waals surface area (Å²) in [5.41, 5.74) is 2.97. The summed E-state index contributed by atoms with van der Waals surface area (Å²) in [4.78, 5) is 12.4. The molecule has 1 aromatic heterocycles. The van der Waals surface area contributed by atoms with Crippen molar-refractivity contribution in [3.63, 3.8) is 0 Å². The Balaban J connectivity index is 3.83. The van der Waals surface area contributed by atoms with E-state index >= 15 is 0 Å². The lowest BCUT2D eigenvalue weighted by atomic mass is 9.77. The third-order valence-electron chi connectivity index (χ3n) is 3.02. The van der Waals surface area contributed by atoms with Crippen molar-refractivity contribution in [2.45, 2.75) is 59.3 Å². The van der Waals surface area contributed by atoms with E-state index in [1.54, 1.807) is 0 Å². The Morgan fingerprint density at radius 2 is 1.47 bits per heavy atom. The largest absolute Gasteiger partial charge is 0.353 e. The monoisotopic (exact) mass is 235 g/mol. The van der Waals surface area contributed by atoms with E-state index in [2.05, 4.69) is 46.1 Å². The zero-order valence-corrected chi connectivity index (χ0v) is 12.4. The van der Waals surface area contributed by atoms with E-state index in [0.717, 1.165) is 16.8 Å². The fourth-order valence-corrected chi connectivity index (χ4v) is 2.49. The summed E-state index contributed by atoms with van der Waals surface area (Å²) in [5, 5.41) is 0. The Bertz CT molecular complexity index is 481. The lowest BCUT2D eigenvalue weighted by Crippen LogP contribution is -2.34. The van der Waals surface area contributed by atoms with Gasteiger partial charge in [-0.05, 0) is 12.3 Å². The van der Waals surface area contributed by atoms with Crippen LogP contribution in [0.4, 0.5) is 0 Å². The molecule has 0 N–H and O–H groups in total. The van der Waals surface area contributed by atoms with Gasteiger partial charge < -0.3 is 4.57 Å². The van der Waals surface area contributed by atoms with Gasteiger partial charge in [0, 0.05) is 35.5 Å². The number of aromatic nitrogens is 1. The van der Waals surface area contributed by atoms with Crippen molar-refractivity contribution in [1.29, 1.82) is 0 Å². The van der Waals surface area contributed by atoms with Gasteiger partial charge in [0.05, 0.1) is 0 Å². The summed E-state index contributed by atoms with van der Waals surface area (Å²) in [5.74, 6) is 0. The molecule has 0 amide bonds. The number of hydrogen-bond donors (Lipinski definition) is 0. The molecule has 0 bridgehead atoms. The van der Waals surface area contributed by atoms with Crippen LogP contribution in [0.3, 0.4) is 0 Å². The molecule has 17 heavy (non-hydrogen) atoms. The summed E-state index contributed by atoms with van der Waals surface area (Å²) in [6.07, 6.45) is 1.94. The molecule has 0 spiro atoms. The van der Waals surface area contributed by atoms with Gasteiger partial charge in [-0.15, -0.1) is 0 Å². The van der Waals surface area contributed by atoms with Crippen molar-refractivity contribution in [2.75, 3.05) is 0 Å². The molecule has 2 nitrogen and oxygen atoms in total. The summed E-state index contributed by atoms with van der Waals surface area (Å²) in [7, 11) is 2.03. The molecule has 96 valence electrons. The van der Waals surface area contributed by atoms with Crippen LogP contribution >= 0.6 is 0 Å². The van der Waals surface area contributed by atoms with E-state index in [1.165, 1.54) is 0 Å². The highest BCUT2D eigenvalue weighted by molar-refractivity contribution is 5.35. The van der Waals surface area contributed by atoms with Crippen LogP contribution in [-0.2, 0) is 17.9 Å². The van der Waals surface area contributed by atoms with Gasteiger partial charge in [0.25, 0.3) is 0 Å². The van der Waals surface area contributed by atoms with Gasteiger partial charge in [0.2, 0.25) is 0 Å². The quantitative estimate of drug-likeness (QED) is 0.676. The van der Waals surface area contributed by atoms with Crippen LogP contribution in [-0.4, -0.2) is 4.57 Å². The Morgan fingerprint density at radius 3 is 1.82 bits per heavy atom. The van der Waals surface area contributed by atoms with Crippen molar-refractivity contribution in [1.82, 2.24) is 4.57 Å². The van der Waals surface area contributed by atoms with Gasteiger partial charge in [0.1, 0.15) is 0 Å². The average Bonchev–Trinajstić information content (AvgIpc) is 2.06. The first-order valence-electron chi connectivity index (χ1n) is 6.17. The van der Waals surface area contributed by atoms with Gasteiger partial charge in [-0.3, -0.25) is 4.79 Å². The predicted octanol–water partition coefficient (Wildman–Crippen LogP) is 3.29. The van der Waals surface area contributed by atoms with Gasteiger partial charge in [-0.2, -0.15) is 0 Å². The Kier molecular flexibility index (Phi) is 3.30. The Morgan fingerprint density at radius 1 is 1.00 bits per heavy atom. The minimum atomic E-state index is -0.122. The highest BCUT2D eigenvalue weighted by Crippen LogP contribution is 2.31. The fourth-order valence-electron chi connectivity index (χ4n) is 2.49. The third-order valence-corrected chi connectivity index (χ3v) is 3.02. The molecule has 0 atom stereocenters. The molecule has 0 saturated heterocycles. The van der Waals surface area contributed by atoms with Crippen LogP contribution in [0, 0.1) is 6.92 Å². The molecule has 1 heterocycles. The maximum atomic E-state index is 12.4. The standard InChI is InChI=1S/C15H25NO/c1-10-9-16(8)13(15(5,6)7)11(12(10)17)14(2,3)4/h9H,1-8H3. The van der Waals surface area contributed by atoms with Gasteiger partial charge in [-0.25, -0.2) is 0 Å². The lowest BCUT2D eigenvalue weighted by molar-refractivity contribution is 0.485. The predicted molar refractivity (Wildman–Crippen MR) is 73.8 cm³/mol. The molecule has 0 radical (unpaired) electrons. The fraction of sp³-hybridized carbons (Fsp3) is 0.667. The summed E-state index contributed by atoms with van der Waals surface area (Å²) in [6, 6.07) is 0. The van der Waals surface area contributed by atoms with Gasteiger partial charge >= 0.3 is 0 Å². The van der Waals surface area contributed by atoms with Crippen LogP contribution < -0.4 is 5.43 Å². The second-order valence-corrected chi connectivity index (χ2v) is 6.98. The van der Waals surface area contributed by atoms with E-state index in [9.17, 15) is 4.79 Å². The van der Waals surface area contributed by atoms with Crippen molar-refractivity contribution in [2.24, 2.45) is 7.05 Å². The number of hydrogen-bond acceptors (Lipinski definition) is 1. The van der Waals surface area contributed by atoms with Crippen LogP contribution in [0.5, 0.6) is 0 Å². The van der Waals surface area contributed by atoms with Crippen molar-refractivity contribution in [3.05, 3.63) is 33.2 Å². The van der Waals surface area contributed by atoms with Gasteiger partial charge in [0.15, 0.2) is 5.43 Å². The molecule has 0 saturated carbocycles. The third kappa shape index (κ3) is 2.62. The van der Waals surface area contributed by atoms with Crippen molar-refractivity contribution < 1.29 is 0 Å². The molecule has 1 aromatic rings. The first-order chi connectivity index (χ1) is 7.46. The highest BCUT2D eigenvalue weighted by Gasteiger charge is 2.30. The normalized spacial score (nSPS) is 12.9. The summed E-state index contributed by atoms with van der Waals surface area (Å²) < 4.78 is 2.11. The molecular weight excluding hydrogens is 210 g/mol. The van der Waals surface area contributed by atoms with Crippen LogP contribution in [0.15, 0.2) is 11.0 Å². The molecule has 0 aliphatic carbocycles. The molecule has 0 aliphatic heterocycles. The first kappa shape index (κ1) is 14.0. The van der Waals surface area contributed by atoms with E-state index in [4.69, 9.17) is 0 Å². The molecule has 1 rings (SSSR count). The number of nitrogens with zero attached hydrogens (tertiary/aromatic N) is 1. The van der Waals surface area contributed by atoms with E-state index in [-0.39, 0.29) is 16.3 Å². The lowest BCUT2D eigenvalue weighted by Gasteiger charge is -2.31. The molecule has 0 unspecified atom stereocenters. The number of aryl methyl sites for hydroxylation is 2. The van der Waals surface area contributed by atoms with E-state index in [0.29, 0.717) is 0 Å². The number of pyridine rings is 1. The first-order valence-corrected chi connectivity index (χ1v) is 6.17. The van der Waals surface area contributed by atoms with E-state index < -0.39 is 0 Å². The van der Waals surface area contributed by atoms with Crippen molar-refractivity contribution in [3.8, 4) is 0 Å². The highest BCUT2D eigenvalue weighted by atomic mass is 16.1. The molecular formula is C15H25NO. The summed E-state index contributed by atoms with van der Waals surface area (Å²) >= 11 is 0. The van der Waals surface area contributed by atoms with Crippen molar-refractivity contribution >= 4 is 0 Å². The van der Waals surface area contributed by atoms with Crippen LogP contribution in [0.2, 0.25) is 0 Å². The minimum Gasteiger partial charge on any atom is -0.353 e. The second kappa shape index (κ2) is 4.01. The van der Waals surface area contributed by atoms with Crippen LogP contribution in [0.1, 0.15) is 58.4 Å².